The second-order valence-electron chi connectivity index (χ2n) is 5.20. The van der Waals surface area contributed by atoms with Gasteiger partial charge in [-0.1, -0.05) is 44.4 Å². The van der Waals surface area contributed by atoms with Gasteiger partial charge in [-0.2, -0.15) is 0 Å². The van der Waals surface area contributed by atoms with Crippen molar-refractivity contribution in [2.24, 2.45) is 0 Å². The Balaban J connectivity index is 4.21. The van der Waals surface area contributed by atoms with E-state index >= 15 is 0 Å². The van der Waals surface area contributed by atoms with E-state index in [4.69, 9.17) is 4.43 Å². The molecule has 0 rings (SSSR count). The summed E-state index contributed by atoms with van der Waals surface area (Å²) in [4.78, 5) is 0. The zero-order valence-electron chi connectivity index (χ0n) is 11.5. The monoisotopic (exact) mass is 240 g/mol. The molecule has 0 aliphatic heterocycles. The fraction of sp³-hybridized carbons (Fsp3) is 0.714. The summed E-state index contributed by atoms with van der Waals surface area (Å²) >= 11 is 0. The van der Waals surface area contributed by atoms with Crippen LogP contribution in [-0.4, -0.2) is 14.4 Å². The second-order valence-corrected chi connectivity index (χ2v) is 9.36. The summed E-state index contributed by atoms with van der Waals surface area (Å²) in [5.74, 6) is 0. The molecule has 0 aromatic rings. The van der Waals surface area contributed by atoms with E-state index < -0.39 is 8.32 Å². The van der Waals surface area contributed by atoms with Crippen molar-refractivity contribution in [3.63, 3.8) is 0 Å². The number of allylic oxidation sites excluding steroid dienone is 1. The van der Waals surface area contributed by atoms with Crippen molar-refractivity contribution in [2.45, 2.75) is 64.8 Å². The molecule has 0 heterocycles. The van der Waals surface area contributed by atoms with Gasteiger partial charge in [0.25, 0.3) is 0 Å². The first-order valence-corrected chi connectivity index (χ1v) is 9.48. The summed E-state index contributed by atoms with van der Waals surface area (Å²) in [5.41, 5.74) is 1.17. The van der Waals surface area contributed by atoms with Crippen LogP contribution in [0.4, 0.5) is 0 Å². The Kier molecular flexibility index (Phi) is 7.69. The lowest BCUT2D eigenvalue weighted by Crippen LogP contribution is -2.35. The van der Waals surface area contributed by atoms with E-state index in [1.54, 1.807) is 0 Å². The summed E-state index contributed by atoms with van der Waals surface area (Å²) in [6, 6.07) is 1.02. The summed E-state index contributed by atoms with van der Waals surface area (Å²) in [5, 5.41) is 0. The molecule has 0 bridgehead atoms. The Morgan fingerprint density at radius 2 is 2.00 bits per heavy atom. The first kappa shape index (κ1) is 15.7. The van der Waals surface area contributed by atoms with Crippen LogP contribution in [-0.2, 0) is 4.43 Å². The van der Waals surface area contributed by atoms with E-state index in [0.29, 0.717) is 0 Å². The average Bonchev–Trinajstić information content (AvgIpc) is 2.16. The molecule has 0 aromatic carbocycles. The van der Waals surface area contributed by atoms with Gasteiger partial charge in [0.2, 0.25) is 0 Å². The van der Waals surface area contributed by atoms with E-state index in [1.807, 2.05) is 6.08 Å². The topological polar surface area (TPSA) is 9.23 Å². The van der Waals surface area contributed by atoms with Gasteiger partial charge in [-0.15, -0.1) is 6.58 Å². The van der Waals surface area contributed by atoms with Gasteiger partial charge >= 0.3 is 0 Å². The Bertz CT molecular complexity index is 221. The molecule has 0 fully saturated rings. The van der Waals surface area contributed by atoms with E-state index in [0.717, 1.165) is 12.5 Å². The van der Waals surface area contributed by atoms with Crippen molar-refractivity contribution < 1.29 is 4.43 Å². The Labute approximate surface area is 103 Å². The minimum atomic E-state index is -1.57. The minimum absolute atomic E-state index is 0.258. The number of unbranched alkanes of at least 4 members (excludes halogenated alkanes) is 2. The van der Waals surface area contributed by atoms with Crippen LogP contribution in [0.15, 0.2) is 24.8 Å². The largest absolute Gasteiger partial charge is 0.411 e. The summed E-state index contributed by atoms with van der Waals surface area (Å²) in [7, 11) is -1.57. The molecule has 0 spiro atoms. The second kappa shape index (κ2) is 7.85. The van der Waals surface area contributed by atoms with Crippen LogP contribution in [0.3, 0.4) is 0 Å². The van der Waals surface area contributed by atoms with Gasteiger partial charge in [-0.25, -0.2) is 0 Å². The van der Waals surface area contributed by atoms with Gasteiger partial charge < -0.3 is 4.43 Å². The molecule has 0 unspecified atom stereocenters. The lowest BCUT2D eigenvalue weighted by atomic mass is 10.1. The lowest BCUT2D eigenvalue weighted by Gasteiger charge is -2.29. The predicted molar refractivity (Wildman–Crippen MR) is 76.3 cm³/mol. The Morgan fingerprint density at radius 3 is 2.44 bits per heavy atom. The number of hydrogen-bond donors (Lipinski definition) is 0. The minimum Gasteiger partial charge on any atom is -0.411 e. The highest BCUT2D eigenvalue weighted by atomic mass is 28.4. The van der Waals surface area contributed by atoms with Crippen LogP contribution in [0.2, 0.25) is 19.1 Å². The molecular weight excluding hydrogens is 212 g/mol. The molecule has 0 aliphatic carbocycles. The highest BCUT2D eigenvalue weighted by molar-refractivity contribution is 6.71. The van der Waals surface area contributed by atoms with E-state index in [9.17, 15) is 0 Å². The highest BCUT2D eigenvalue weighted by Gasteiger charge is 2.25. The molecule has 0 radical (unpaired) electrons. The molecule has 0 amide bonds. The van der Waals surface area contributed by atoms with Gasteiger partial charge in [0.1, 0.15) is 0 Å². The zero-order chi connectivity index (χ0) is 12.6. The quantitative estimate of drug-likeness (QED) is 0.316. The van der Waals surface area contributed by atoms with Crippen molar-refractivity contribution in [1.82, 2.24) is 0 Å². The van der Waals surface area contributed by atoms with E-state index in [-0.39, 0.29) is 6.10 Å². The maximum Gasteiger partial charge on any atom is 0.191 e. The van der Waals surface area contributed by atoms with Crippen molar-refractivity contribution in [1.29, 1.82) is 0 Å². The predicted octanol–water partition coefficient (Wildman–Crippen LogP) is 4.92. The zero-order valence-corrected chi connectivity index (χ0v) is 12.5. The molecule has 1 nitrogen and oxygen atoms in total. The van der Waals surface area contributed by atoms with Crippen LogP contribution in [0.1, 0.15) is 39.5 Å². The average molecular weight is 240 g/mol. The van der Waals surface area contributed by atoms with Crippen molar-refractivity contribution in [3.05, 3.63) is 24.8 Å². The fourth-order valence-electron chi connectivity index (χ4n) is 1.77. The summed E-state index contributed by atoms with van der Waals surface area (Å²) in [6.45, 7) is 16.7. The standard InChI is InChI=1S/C14H28OSi/c1-7-9-10-11-14(13(3)4)15-16(5,6)12-8-2/h8,14H,2-3,7,9-12H2,1,4-6H3/t14-/m1/s1. The molecule has 0 aliphatic rings. The molecule has 0 saturated heterocycles. The first-order valence-electron chi connectivity index (χ1n) is 6.37. The van der Waals surface area contributed by atoms with Crippen LogP contribution in [0.5, 0.6) is 0 Å². The van der Waals surface area contributed by atoms with E-state index in [2.05, 4.69) is 40.1 Å². The Morgan fingerprint density at radius 1 is 1.38 bits per heavy atom. The smallest absolute Gasteiger partial charge is 0.191 e. The van der Waals surface area contributed by atoms with Crippen LogP contribution in [0.25, 0.3) is 0 Å². The number of hydrogen-bond acceptors (Lipinski definition) is 1. The van der Waals surface area contributed by atoms with Crippen LogP contribution >= 0.6 is 0 Å². The third-order valence-corrected chi connectivity index (χ3v) is 4.91. The molecule has 16 heavy (non-hydrogen) atoms. The van der Waals surface area contributed by atoms with Crippen molar-refractivity contribution in [2.75, 3.05) is 0 Å². The molecule has 0 N–H and O–H groups in total. The SMILES string of the molecule is C=CC[Si](C)(C)O[C@H](CCCCC)C(=C)C. The molecule has 0 aromatic heterocycles. The molecule has 1 atom stereocenters. The fourth-order valence-corrected chi connectivity index (χ4v) is 3.65. The van der Waals surface area contributed by atoms with Gasteiger partial charge in [-0.3, -0.25) is 0 Å². The summed E-state index contributed by atoms with van der Waals surface area (Å²) in [6.07, 6.45) is 7.15. The maximum atomic E-state index is 6.25. The van der Waals surface area contributed by atoms with Crippen molar-refractivity contribution in [3.8, 4) is 0 Å². The summed E-state index contributed by atoms with van der Waals surface area (Å²) < 4.78 is 6.25. The maximum absolute atomic E-state index is 6.25. The van der Waals surface area contributed by atoms with Gasteiger partial charge in [0.15, 0.2) is 8.32 Å². The van der Waals surface area contributed by atoms with Gasteiger partial charge in [0, 0.05) is 0 Å². The van der Waals surface area contributed by atoms with Crippen molar-refractivity contribution >= 4 is 8.32 Å². The number of rotatable bonds is 9. The van der Waals surface area contributed by atoms with Gasteiger partial charge in [-0.05, 0) is 32.5 Å². The Hall–Kier alpha value is -0.343. The first-order chi connectivity index (χ1) is 7.43. The highest BCUT2D eigenvalue weighted by Crippen LogP contribution is 2.21. The van der Waals surface area contributed by atoms with Gasteiger partial charge in [0.05, 0.1) is 6.10 Å². The molecule has 2 heteroatoms. The molecular formula is C14H28OSi. The molecule has 94 valence electrons. The van der Waals surface area contributed by atoms with Crippen LogP contribution in [0, 0.1) is 0 Å². The van der Waals surface area contributed by atoms with Crippen LogP contribution < -0.4 is 0 Å². The lowest BCUT2D eigenvalue weighted by molar-refractivity contribution is 0.213. The normalized spacial score (nSPS) is 13.5. The van der Waals surface area contributed by atoms with E-state index in [1.165, 1.54) is 24.8 Å². The third kappa shape index (κ3) is 7.02. The molecule has 0 saturated carbocycles. The third-order valence-electron chi connectivity index (χ3n) is 2.72.